The van der Waals surface area contributed by atoms with E-state index in [2.05, 4.69) is 29.4 Å². The normalized spacial score (nSPS) is 12.0. The van der Waals surface area contributed by atoms with Gasteiger partial charge < -0.3 is 14.8 Å². The largest absolute Gasteiger partial charge is 0.493 e. The number of carbonyl (C=O) groups excluding carboxylic acids is 1. The van der Waals surface area contributed by atoms with Crippen LogP contribution in [0.15, 0.2) is 30.6 Å². The Hall–Kier alpha value is -2.57. The second-order valence-corrected chi connectivity index (χ2v) is 5.87. The molecule has 0 spiro atoms. The fourth-order valence-electron chi connectivity index (χ4n) is 2.37. The molecule has 7 nitrogen and oxygen atoms in total. The first-order valence-corrected chi connectivity index (χ1v) is 7.87. The van der Waals surface area contributed by atoms with E-state index in [4.69, 9.17) is 9.47 Å². The summed E-state index contributed by atoms with van der Waals surface area (Å²) in [5, 5.41) is 11.2. The lowest BCUT2D eigenvalue weighted by atomic mass is 10.0. The average molecular weight is 332 g/mol. The summed E-state index contributed by atoms with van der Waals surface area (Å²) in [5.74, 6) is 1.48. The Balaban J connectivity index is 2.00. The highest BCUT2D eigenvalue weighted by atomic mass is 16.5. The quantitative estimate of drug-likeness (QED) is 0.796. The maximum atomic E-state index is 12.4. The molecule has 24 heavy (non-hydrogen) atoms. The van der Waals surface area contributed by atoms with E-state index in [9.17, 15) is 4.79 Å². The second-order valence-electron chi connectivity index (χ2n) is 5.87. The Kier molecular flexibility index (Phi) is 6.17. The van der Waals surface area contributed by atoms with Crippen molar-refractivity contribution < 1.29 is 14.3 Å². The first kappa shape index (κ1) is 17.8. The molecule has 0 aliphatic heterocycles. The van der Waals surface area contributed by atoms with Crippen LogP contribution in [0.3, 0.4) is 0 Å². The minimum absolute atomic E-state index is 0.0370. The number of ether oxygens (including phenoxy) is 2. The fraction of sp³-hybridized carbons (Fsp3) is 0.471. The van der Waals surface area contributed by atoms with E-state index in [-0.39, 0.29) is 24.3 Å². The fourth-order valence-corrected chi connectivity index (χ4v) is 2.37. The summed E-state index contributed by atoms with van der Waals surface area (Å²) < 4.78 is 10.5. The van der Waals surface area contributed by atoms with Crippen LogP contribution >= 0.6 is 0 Å². The van der Waals surface area contributed by atoms with Crippen LogP contribution in [-0.4, -0.2) is 41.2 Å². The number of hydrogen-bond acceptors (Lipinski definition) is 5. The van der Waals surface area contributed by atoms with E-state index in [0.717, 1.165) is 5.56 Å². The third-order valence-corrected chi connectivity index (χ3v) is 3.79. The number of amides is 1. The Bertz CT molecular complexity index is 656. The van der Waals surface area contributed by atoms with E-state index >= 15 is 0 Å². The SMILES string of the molecule is COc1ccc(CC(=O)NC(Cn2nccn2)C(C)C)cc1OC. The zero-order valence-electron chi connectivity index (χ0n) is 14.5. The van der Waals surface area contributed by atoms with Gasteiger partial charge in [-0.25, -0.2) is 0 Å². The maximum Gasteiger partial charge on any atom is 0.224 e. The Morgan fingerprint density at radius 3 is 2.42 bits per heavy atom. The highest BCUT2D eigenvalue weighted by molar-refractivity contribution is 5.79. The molecule has 1 unspecified atom stereocenters. The van der Waals surface area contributed by atoms with E-state index in [1.54, 1.807) is 37.5 Å². The highest BCUT2D eigenvalue weighted by Crippen LogP contribution is 2.27. The Morgan fingerprint density at radius 2 is 1.83 bits per heavy atom. The molecule has 0 saturated heterocycles. The molecule has 0 aliphatic carbocycles. The zero-order valence-corrected chi connectivity index (χ0v) is 14.5. The number of hydrogen-bond donors (Lipinski definition) is 1. The molecule has 0 radical (unpaired) electrons. The molecule has 1 aromatic heterocycles. The lowest BCUT2D eigenvalue weighted by molar-refractivity contribution is -0.121. The van der Waals surface area contributed by atoms with Gasteiger partial charge in [-0.3, -0.25) is 4.79 Å². The average Bonchev–Trinajstić information content (AvgIpc) is 3.07. The number of carbonyl (C=O) groups is 1. The minimum Gasteiger partial charge on any atom is -0.493 e. The predicted octanol–water partition coefficient (Wildman–Crippen LogP) is 1.68. The first-order chi connectivity index (χ1) is 11.5. The molecule has 1 N–H and O–H groups in total. The summed E-state index contributed by atoms with van der Waals surface area (Å²) in [4.78, 5) is 14.0. The van der Waals surface area contributed by atoms with Gasteiger partial charge >= 0.3 is 0 Å². The van der Waals surface area contributed by atoms with Gasteiger partial charge in [0, 0.05) is 0 Å². The molecular weight excluding hydrogens is 308 g/mol. The molecule has 1 heterocycles. The topological polar surface area (TPSA) is 78.3 Å². The van der Waals surface area contributed by atoms with Crippen molar-refractivity contribution in [1.29, 1.82) is 0 Å². The number of nitrogens with zero attached hydrogens (tertiary/aromatic N) is 3. The molecule has 2 rings (SSSR count). The van der Waals surface area contributed by atoms with Gasteiger partial charge in [0.15, 0.2) is 11.5 Å². The molecule has 1 aromatic carbocycles. The van der Waals surface area contributed by atoms with Crippen LogP contribution in [0.4, 0.5) is 0 Å². The third kappa shape index (κ3) is 4.71. The van der Waals surface area contributed by atoms with Crippen molar-refractivity contribution in [3.8, 4) is 11.5 Å². The van der Waals surface area contributed by atoms with Crippen molar-refractivity contribution in [2.45, 2.75) is 32.9 Å². The minimum atomic E-state index is -0.0481. The number of nitrogens with one attached hydrogen (secondary N) is 1. The predicted molar refractivity (Wildman–Crippen MR) is 90.0 cm³/mol. The van der Waals surface area contributed by atoms with Gasteiger partial charge in [-0.2, -0.15) is 15.0 Å². The van der Waals surface area contributed by atoms with Crippen molar-refractivity contribution in [3.63, 3.8) is 0 Å². The molecule has 2 aromatic rings. The van der Waals surface area contributed by atoms with Crippen LogP contribution in [0.1, 0.15) is 19.4 Å². The number of benzene rings is 1. The van der Waals surface area contributed by atoms with Gasteiger partial charge in [0.1, 0.15) is 0 Å². The lowest BCUT2D eigenvalue weighted by Gasteiger charge is -2.22. The number of aromatic nitrogens is 3. The Morgan fingerprint density at radius 1 is 1.17 bits per heavy atom. The highest BCUT2D eigenvalue weighted by Gasteiger charge is 2.18. The molecule has 0 fully saturated rings. The van der Waals surface area contributed by atoms with Crippen LogP contribution in [-0.2, 0) is 17.8 Å². The van der Waals surface area contributed by atoms with Crippen molar-refractivity contribution in [2.75, 3.05) is 14.2 Å². The molecule has 0 saturated carbocycles. The molecule has 0 bridgehead atoms. The van der Waals surface area contributed by atoms with Crippen LogP contribution in [0.2, 0.25) is 0 Å². The second kappa shape index (κ2) is 8.33. The third-order valence-electron chi connectivity index (χ3n) is 3.79. The lowest BCUT2D eigenvalue weighted by Crippen LogP contribution is -2.42. The van der Waals surface area contributed by atoms with Crippen molar-refractivity contribution in [2.24, 2.45) is 5.92 Å². The van der Waals surface area contributed by atoms with Gasteiger partial charge in [0.05, 0.1) is 45.6 Å². The number of rotatable bonds is 8. The van der Waals surface area contributed by atoms with Crippen molar-refractivity contribution in [3.05, 3.63) is 36.2 Å². The molecular formula is C17H24N4O3. The first-order valence-electron chi connectivity index (χ1n) is 7.87. The monoisotopic (exact) mass is 332 g/mol. The van der Waals surface area contributed by atoms with E-state index < -0.39 is 0 Å². The van der Waals surface area contributed by atoms with Crippen molar-refractivity contribution in [1.82, 2.24) is 20.3 Å². The van der Waals surface area contributed by atoms with Gasteiger partial charge in [-0.05, 0) is 23.6 Å². The van der Waals surface area contributed by atoms with Gasteiger partial charge in [0.2, 0.25) is 5.91 Å². The van der Waals surface area contributed by atoms with Gasteiger partial charge in [-0.15, -0.1) is 0 Å². The van der Waals surface area contributed by atoms with Gasteiger partial charge in [0.25, 0.3) is 0 Å². The van der Waals surface area contributed by atoms with E-state index in [1.807, 2.05) is 12.1 Å². The summed E-state index contributed by atoms with van der Waals surface area (Å²) >= 11 is 0. The number of methoxy groups -OCH3 is 2. The Labute approximate surface area is 142 Å². The molecule has 1 atom stereocenters. The van der Waals surface area contributed by atoms with Crippen molar-refractivity contribution >= 4 is 5.91 Å². The van der Waals surface area contributed by atoms with E-state index in [0.29, 0.717) is 18.0 Å². The summed E-state index contributed by atoms with van der Waals surface area (Å²) in [7, 11) is 3.16. The van der Waals surface area contributed by atoms with E-state index in [1.165, 1.54) is 0 Å². The summed E-state index contributed by atoms with van der Waals surface area (Å²) in [6, 6.07) is 5.44. The zero-order chi connectivity index (χ0) is 17.5. The summed E-state index contributed by atoms with van der Waals surface area (Å²) in [6.45, 7) is 4.66. The van der Waals surface area contributed by atoms with Crippen LogP contribution < -0.4 is 14.8 Å². The van der Waals surface area contributed by atoms with Crippen LogP contribution in [0, 0.1) is 5.92 Å². The van der Waals surface area contributed by atoms with Gasteiger partial charge in [-0.1, -0.05) is 19.9 Å². The summed E-state index contributed by atoms with van der Waals surface area (Å²) in [6.07, 6.45) is 3.53. The molecule has 7 heteroatoms. The summed E-state index contributed by atoms with van der Waals surface area (Å²) in [5.41, 5.74) is 0.866. The molecule has 130 valence electrons. The molecule has 0 aliphatic rings. The van der Waals surface area contributed by atoms with Crippen LogP contribution in [0.25, 0.3) is 0 Å². The smallest absolute Gasteiger partial charge is 0.224 e. The van der Waals surface area contributed by atoms with Crippen LogP contribution in [0.5, 0.6) is 11.5 Å². The molecule has 1 amide bonds. The standard InChI is InChI=1S/C17H24N4O3/c1-12(2)14(11-21-18-7-8-19-21)20-17(22)10-13-5-6-15(23-3)16(9-13)24-4/h5-9,12,14H,10-11H2,1-4H3,(H,20,22). The maximum absolute atomic E-state index is 12.4.